The molecule has 0 heterocycles. The fraction of sp³-hybridized carbons (Fsp3) is 0.217. The van der Waals surface area contributed by atoms with E-state index in [4.69, 9.17) is 9.47 Å². The number of quaternary nitrogens is 1. The summed E-state index contributed by atoms with van der Waals surface area (Å²) in [6.45, 7) is 3.59. The van der Waals surface area contributed by atoms with Gasteiger partial charge < -0.3 is 14.8 Å². The summed E-state index contributed by atoms with van der Waals surface area (Å²) in [6.07, 6.45) is 0. The molecule has 0 spiro atoms. The molecule has 27 heavy (non-hydrogen) atoms. The van der Waals surface area contributed by atoms with E-state index < -0.39 is 0 Å². The molecule has 0 saturated carbocycles. The van der Waals surface area contributed by atoms with Crippen molar-refractivity contribution in [1.29, 1.82) is 0 Å². The molecule has 0 bridgehead atoms. The maximum Gasteiger partial charge on any atom is 0.175 e. The van der Waals surface area contributed by atoms with Crippen molar-refractivity contribution in [1.82, 2.24) is 0 Å². The predicted octanol–water partition coefficient (Wildman–Crippen LogP) is 4.86. The molecule has 140 valence electrons. The van der Waals surface area contributed by atoms with Crippen LogP contribution < -0.4 is 14.8 Å². The van der Waals surface area contributed by atoms with E-state index in [0.717, 1.165) is 28.1 Å². The number of hydrogen-bond donors (Lipinski definition) is 1. The van der Waals surface area contributed by atoms with Crippen LogP contribution in [0.3, 0.4) is 0 Å². The normalized spacial score (nSPS) is 11.8. The Morgan fingerprint density at radius 3 is 2.26 bits per heavy atom. The van der Waals surface area contributed by atoms with E-state index in [-0.39, 0.29) is 0 Å². The molecule has 0 amide bonds. The lowest BCUT2D eigenvalue weighted by Crippen LogP contribution is -2.83. The van der Waals surface area contributed by atoms with Gasteiger partial charge in [-0.25, -0.2) is 0 Å². The highest BCUT2D eigenvalue weighted by Gasteiger charge is 2.14. The summed E-state index contributed by atoms with van der Waals surface area (Å²) < 4.78 is 12.5. The van der Waals surface area contributed by atoms with Crippen LogP contribution in [0.1, 0.15) is 29.7 Å². The Morgan fingerprint density at radius 1 is 0.926 bits per heavy atom. The van der Waals surface area contributed by atoms with Crippen molar-refractivity contribution in [3.05, 3.63) is 94.0 Å². The summed E-state index contributed by atoms with van der Waals surface area (Å²) in [4.78, 5) is 0. The minimum atomic E-state index is 0.393. The Kier molecular flexibility index (Phi) is 6.91. The third kappa shape index (κ3) is 5.34. The van der Waals surface area contributed by atoms with Crippen LogP contribution in [0, 0.1) is 0 Å². The maximum absolute atomic E-state index is 6.01. The maximum atomic E-state index is 6.01. The first-order valence-electron chi connectivity index (χ1n) is 9.08. The molecule has 0 aliphatic carbocycles. The molecule has 0 radical (unpaired) electrons. The summed E-state index contributed by atoms with van der Waals surface area (Å²) in [5.74, 6) is 1.48. The number of ether oxygens (including phenoxy) is 2. The van der Waals surface area contributed by atoms with Gasteiger partial charge in [-0.3, -0.25) is 0 Å². The van der Waals surface area contributed by atoms with E-state index in [1.54, 1.807) is 7.11 Å². The topological polar surface area (TPSA) is 35.1 Å². The molecule has 4 heteroatoms. The third-order valence-electron chi connectivity index (χ3n) is 4.55. The van der Waals surface area contributed by atoms with Gasteiger partial charge in [0.05, 0.1) is 11.6 Å². The zero-order valence-electron chi connectivity index (χ0n) is 15.7. The van der Waals surface area contributed by atoms with Gasteiger partial charge in [-0.1, -0.05) is 60.7 Å². The van der Waals surface area contributed by atoms with Crippen LogP contribution in [0.5, 0.6) is 11.5 Å². The largest absolute Gasteiger partial charge is 0.493 e. The standard InChI is InChI=1S/C23H24BrNO2/c1-17(20-11-7-4-8-12-20)25-15-19-13-21(24)23(22(14-19)26-2)27-16-18-9-5-3-6-10-18/h3-14,17,25H,15-16H2,1-2H3/p+1/t17-/m0/s1. The number of hydrogen-bond acceptors (Lipinski definition) is 2. The van der Waals surface area contributed by atoms with E-state index >= 15 is 0 Å². The van der Waals surface area contributed by atoms with Crippen LogP contribution in [0.15, 0.2) is 77.3 Å². The molecule has 1 atom stereocenters. The van der Waals surface area contributed by atoms with Crippen molar-refractivity contribution in [2.45, 2.75) is 26.1 Å². The molecule has 3 nitrogen and oxygen atoms in total. The Hall–Kier alpha value is -2.30. The Labute approximate surface area is 169 Å². The molecule has 3 aromatic rings. The summed E-state index contributed by atoms with van der Waals surface area (Å²) in [6, 6.07) is 25.2. The van der Waals surface area contributed by atoms with E-state index in [0.29, 0.717) is 12.6 Å². The highest BCUT2D eigenvalue weighted by atomic mass is 79.9. The van der Waals surface area contributed by atoms with Crippen molar-refractivity contribution in [2.75, 3.05) is 7.11 Å². The predicted molar refractivity (Wildman–Crippen MR) is 112 cm³/mol. The molecule has 3 aromatic carbocycles. The second-order valence-corrected chi connectivity index (χ2v) is 7.38. The molecule has 2 N–H and O–H groups in total. The minimum Gasteiger partial charge on any atom is -0.493 e. The van der Waals surface area contributed by atoms with Crippen LogP contribution in [-0.2, 0) is 13.2 Å². The van der Waals surface area contributed by atoms with E-state index in [9.17, 15) is 0 Å². The van der Waals surface area contributed by atoms with Gasteiger partial charge in [0.15, 0.2) is 11.5 Å². The van der Waals surface area contributed by atoms with Gasteiger partial charge in [-0.05, 0) is 40.5 Å². The monoisotopic (exact) mass is 426 g/mol. The Morgan fingerprint density at radius 2 is 1.59 bits per heavy atom. The minimum absolute atomic E-state index is 0.393. The van der Waals surface area contributed by atoms with E-state index in [1.807, 2.05) is 24.3 Å². The molecular weight excluding hydrogens is 402 g/mol. The van der Waals surface area contributed by atoms with Gasteiger partial charge in [-0.2, -0.15) is 0 Å². The van der Waals surface area contributed by atoms with Gasteiger partial charge >= 0.3 is 0 Å². The summed E-state index contributed by atoms with van der Waals surface area (Å²) in [5.41, 5.74) is 3.64. The number of methoxy groups -OCH3 is 1. The zero-order chi connectivity index (χ0) is 19.1. The van der Waals surface area contributed by atoms with Gasteiger partial charge in [0.2, 0.25) is 0 Å². The zero-order valence-corrected chi connectivity index (χ0v) is 17.3. The van der Waals surface area contributed by atoms with E-state index in [2.05, 4.69) is 76.7 Å². The second kappa shape index (κ2) is 9.58. The van der Waals surface area contributed by atoms with Gasteiger partial charge in [0.1, 0.15) is 19.2 Å². The quantitative estimate of drug-likeness (QED) is 0.557. The van der Waals surface area contributed by atoms with Crippen molar-refractivity contribution in [3.8, 4) is 11.5 Å². The lowest BCUT2D eigenvalue weighted by Gasteiger charge is -2.15. The Balaban J connectivity index is 1.68. The summed E-state index contributed by atoms with van der Waals surface area (Å²) >= 11 is 3.65. The second-order valence-electron chi connectivity index (χ2n) is 6.52. The highest BCUT2D eigenvalue weighted by Crippen LogP contribution is 2.37. The number of nitrogens with two attached hydrogens (primary N) is 1. The Bertz CT molecular complexity index is 853. The van der Waals surface area contributed by atoms with Crippen molar-refractivity contribution in [3.63, 3.8) is 0 Å². The SMILES string of the molecule is COc1cc(C[NH2+][C@@H](C)c2ccccc2)cc(Br)c1OCc1ccccc1. The van der Waals surface area contributed by atoms with Gasteiger partial charge in [0.25, 0.3) is 0 Å². The average molecular weight is 427 g/mol. The molecule has 0 unspecified atom stereocenters. The summed E-state index contributed by atoms with van der Waals surface area (Å²) in [5, 5.41) is 2.32. The molecule has 0 fully saturated rings. The van der Waals surface area contributed by atoms with Crippen molar-refractivity contribution >= 4 is 15.9 Å². The lowest BCUT2D eigenvalue weighted by molar-refractivity contribution is -0.707. The highest BCUT2D eigenvalue weighted by molar-refractivity contribution is 9.10. The van der Waals surface area contributed by atoms with E-state index in [1.165, 1.54) is 11.1 Å². The fourth-order valence-electron chi connectivity index (χ4n) is 2.97. The number of halogens is 1. The molecule has 0 saturated heterocycles. The number of benzene rings is 3. The number of rotatable bonds is 8. The van der Waals surface area contributed by atoms with Gasteiger partial charge in [0, 0.05) is 11.1 Å². The molecule has 0 aromatic heterocycles. The first kappa shape index (κ1) is 19.5. The van der Waals surface area contributed by atoms with Crippen LogP contribution in [0.25, 0.3) is 0 Å². The lowest BCUT2D eigenvalue weighted by atomic mass is 10.1. The van der Waals surface area contributed by atoms with Crippen molar-refractivity contribution in [2.24, 2.45) is 0 Å². The third-order valence-corrected chi connectivity index (χ3v) is 5.14. The van der Waals surface area contributed by atoms with Gasteiger partial charge in [-0.15, -0.1) is 0 Å². The molecule has 0 aliphatic heterocycles. The average Bonchev–Trinajstić information content (AvgIpc) is 2.72. The molecule has 0 aliphatic rings. The van der Waals surface area contributed by atoms with Crippen LogP contribution in [-0.4, -0.2) is 7.11 Å². The van der Waals surface area contributed by atoms with Crippen LogP contribution in [0.4, 0.5) is 0 Å². The molecular formula is C23H25BrNO2+. The molecule has 3 rings (SSSR count). The first-order chi connectivity index (χ1) is 13.2. The van der Waals surface area contributed by atoms with Crippen molar-refractivity contribution < 1.29 is 14.8 Å². The van der Waals surface area contributed by atoms with Crippen LogP contribution in [0.2, 0.25) is 0 Å². The smallest absolute Gasteiger partial charge is 0.175 e. The first-order valence-corrected chi connectivity index (χ1v) is 9.88. The summed E-state index contributed by atoms with van der Waals surface area (Å²) in [7, 11) is 1.68. The fourth-order valence-corrected chi connectivity index (χ4v) is 3.57. The van der Waals surface area contributed by atoms with Crippen LogP contribution >= 0.6 is 15.9 Å².